The smallest absolute Gasteiger partial charge is 0.410 e. The number of pyridine rings is 1. The standard InChI is InChI=1S/C17H22N6O3/c1-26-17(25)23-10-3-2-6-13(23)16(24)19-9-7-14-20-15(22-21-14)12-5-4-8-18-11-12/h4-5,8,11,13H,2-3,6-7,9-10H2,1H3,(H,19,24)(H,20,21,22)/t13-/m1/s1. The number of H-pyrrole nitrogens is 1. The second-order valence-corrected chi connectivity index (χ2v) is 6.06. The van der Waals surface area contributed by atoms with Gasteiger partial charge in [-0.25, -0.2) is 9.78 Å². The first-order valence-corrected chi connectivity index (χ1v) is 8.63. The van der Waals surface area contributed by atoms with Crippen molar-refractivity contribution in [2.45, 2.75) is 31.7 Å². The van der Waals surface area contributed by atoms with Crippen molar-refractivity contribution in [2.75, 3.05) is 20.2 Å². The Kier molecular flexibility index (Phi) is 5.77. The van der Waals surface area contributed by atoms with Crippen LogP contribution >= 0.6 is 0 Å². The zero-order valence-electron chi connectivity index (χ0n) is 14.6. The van der Waals surface area contributed by atoms with Crippen molar-refractivity contribution < 1.29 is 14.3 Å². The number of aromatic amines is 1. The minimum atomic E-state index is -0.475. The van der Waals surface area contributed by atoms with Crippen LogP contribution in [0.25, 0.3) is 11.4 Å². The van der Waals surface area contributed by atoms with Crippen molar-refractivity contribution in [3.63, 3.8) is 0 Å². The van der Waals surface area contributed by atoms with Crippen LogP contribution in [0.4, 0.5) is 4.79 Å². The van der Waals surface area contributed by atoms with Gasteiger partial charge in [-0.15, -0.1) is 0 Å². The molecule has 0 spiro atoms. The van der Waals surface area contributed by atoms with E-state index in [1.807, 2.05) is 12.1 Å². The van der Waals surface area contributed by atoms with Crippen molar-refractivity contribution in [2.24, 2.45) is 0 Å². The molecule has 138 valence electrons. The van der Waals surface area contributed by atoms with Gasteiger partial charge >= 0.3 is 6.09 Å². The van der Waals surface area contributed by atoms with E-state index in [2.05, 4.69) is 25.5 Å². The fourth-order valence-electron chi connectivity index (χ4n) is 2.99. The van der Waals surface area contributed by atoms with Gasteiger partial charge in [-0.05, 0) is 31.4 Å². The van der Waals surface area contributed by atoms with Gasteiger partial charge in [0.15, 0.2) is 5.82 Å². The molecule has 9 nitrogen and oxygen atoms in total. The molecule has 1 aliphatic heterocycles. The van der Waals surface area contributed by atoms with Gasteiger partial charge in [0.2, 0.25) is 5.91 Å². The van der Waals surface area contributed by atoms with E-state index in [9.17, 15) is 9.59 Å². The molecule has 2 amide bonds. The van der Waals surface area contributed by atoms with Crippen LogP contribution in [0.1, 0.15) is 25.1 Å². The second-order valence-electron chi connectivity index (χ2n) is 6.06. The molecule has 26 heavy (non-hydrogen) atoms. The van der Waals surface area contributed by atoms with Gasteiger partial charge in [0.25, 0.3) is 0 Å². The number of ether oxygens (including phenoxy) is 1. The fourth-order valence-corrected chi connectivity index (χ4v) is 2.99. The highest BCUT2D eigenvalue weighted by Gasteiger charge is 2.32. The lowest BCUT2D eigenvalue weighted by Crippen LogP contribution is -2.52. The maximum atomic E-state index is 12.4. The summed E-state index contributed by atoms with van der Waals surface area (Å²) in [5.41, 5.74) is 0.829. The largest absolute Gasteiger partial charge is 0.453 e. The topological polar surface area (TPSA) is 113 Å². The minimum absolute atomic E-state index is 0.165. The zero-order chi connectivity index (χ0) is 18.4. The molecule has 3 heterocycles. The van der Waals surface area contributed by atoms with Crippen molar-refractivity contribution in [3.05, 3.63) is 30.4 Å². The van der Waals surface area contributed by atoms with Gasteiger partial charge in [0.05, 0.1) is 7.11 Å². The van der Waals surface area contributed by atoms with Gasteiger partial charge < -0.3 is 10.1 Å². The van der Waals surface area contributed by atoms with Gasteiger partial charge in [0.1, 0.15) is 11.9 Å². The Labute approximate surface area is 151 Å². The first kappa shape index (κ1) is 17.8. The van der Waals surface area contributed by atoms with Crippen LogP contribution in [-0.4, -0.2) is 63.3 Å². The molecule has 9 heteroatoms. The first-order chi connectivity index (χ1) is 12.7. The number of hydrogen-bond acceptors (Lipinski definition) is 6. The molecule has 1 fully saturated rings. The Morgan fingerprint density at radius 2 is 2.31 bits per heavy atom. The first-order valence-electron chi connectivity index (χ1n) is 8.63. The number of amides is 2. The van der Waals surface area contributed by atoms with Crippen molar-refractivity contribution in [3.8, 4) is 11.4 Å². The van der Waals surface area contributed by atoms with E-state index in [0.29, 0.717) is 37.6 Å². The third-order valence-corrected chi connectivity index (χ3v) is 4.33. The lowest BCUT2D eigenvalue weighted by atomic mass is 10.0. The van der Waals surface area contributed by atoms with Gasteiger partial charge in [-0.2, -0.15) is 5.10 Å². The summed E-state index contributed by atoms with van der Waals surface area (Å²) < 4.78 is 4.77. The summed E-state index contributed by atoms with van der Waals surface area (Å²) in [5.74, 6) is 1.09. The molecule has 2 aromatic rings. The highest BCUT2D eigenvalue weighted by atomic mass is 16.5. The number of methoxy groups -OCH3 is 1. The summed E-state index contributed by atoms with van der Waals surface area (Å²) in [5, 5.41) is 9.90. The van der Waals surface area contributed by atoms with E-state index >= 15 is 0 Å². The van der Waals surface area contributed by atoms with Crippen molar-refractivity contribution in [1.29, 1.82) is 0 Å². The number of nitrogens with one attached hydrogen (secondary N) is 2. The average Bonchev–Trinajstić information content (AvgIpc) is 3.17. The van der Waals surface area contributed by atoms with Crippen LogP contribution < -0.4 is 5.32 Å². The predicted octanol–water partition coefficient (Wildman–Crippen LogP) is 1.15. The number of aromatic nitrogens is 4. The molecular weight excluding hydrogens is 336 g/mol. The number of likely N-dealkylation sites (tertiary alicyclic amines) is 1. The third-order valence-electron chi connectivity index (χ3n) is 4.33. The van der Waals surface area contributed by atoms with Crippen LogP contribution in [0.2, 0.25) is 0 Å². The van der Waals surface area contributed by atoms with Crippen molar-refractivity contribution in [1.82, 2.24) is 30.4 Å². The third kappa shape index (κ3) is 4.16. The highest BCUT2D eigenvalue weighted by molar-refractivity contribution is 5.85. The van der Waals surface area contributed by atoms with Crippen LogP contribution in [0, 0.1) is 0 Å². The van der Waals surface area contributed by atoms with E-state index in [-0.39, 0.29) is 5.91 Å². The Bertz CT molecular complexity index is 748. The lowest BCUT2D eigenvalue weighted by Gasteiger charge is -2.33. The maximum Gasteiger partial charge on any atom is 0.410 e. The maximum absolute atomic E-state index is 12.4. The molecule has 3 rings (SSSR count). The van der Waals surface area contributed by atoms with E-state index in [1.165, 1.54) is 12.0 Å². The van der Waals surface area contributed by atoms with E-state index in [1.54, 1.807) is 12.4 Å². The number of carbonyl (C=O) groups excluding carboxylic acids is 2. The summed E-state index contributed by atoms with van der Waals surface area (Å²) in [6.45, 7) is 0.952. The molecule has 0 saturated carbocycles. The Morgan fingerprint density at radius 3 is 3.08 bits per heavy atom. The van der Waals surface area contributed by atoms with Crippen molar-refractivity contribution >= 4 is 12.0 Å². The second kappa shape index (κ2) is 8.41. The van der Waals surface area contributed by atoms with Gasteiger partial charge in [0, 0.05) is 37.5 Å². The van der Waals surface area contributed by atoms with Crippen LogP contribution in [-0.2, 0) is 16.0 Å². The Balaban J connectivity index is 1.52. The predicted molar refractivity (Wildman–Crippen MR) is 93.1 cm³/mol. The molecule has 0 bridgehead atoms. The average molecular weight is 358 g/mol. The fraction of sp³-hybridized carbons (Fsp3) is 0.471. The molecule has 1 aliphatic rings. The number of carbonyl (C=O) groups is 2. The number of nitrogens with zero attached hydrogens (tertiary/aromatic N) is 4. The molecule has 0 radical (unpaired) electrons. The quantitative estimate of drug-likeness (QED) is 0.829. The lowest BCUT2D eigenvalue weighted by molar-refractivity contribution is -0.126. The van der Waals surface area contributed by atoms with Crippen LogP contribution in [0.3, 0.4) is 0 Å². The monoisotopic (exact) mass is 358 g/mol. The summed E-state index contributed by atoms with van der Waals surface area (Å²) in [6, 6.07) is 3.23. The number of hydrogen-bond donors (Lipinski definition) is 2. The van der Waals surface area contributed by atoms with E-state index < -0.39 is 12.1 Å². The SMILES string of the molecule is COC(=O)N1CCCC[C@@H]1C(=O)NCCc1nc(-c2cccnc2)n[nH]1. The molecule has 1 atom stereocenters. The molecule has 0 aromatic carbocycles. The molecule has 2 N–H and O–H groups in total. The molecule has 0 aliphatic carbocycles. The normalized spacial score (nSPS) is 17.0. The summed E-state index contributed by atoms with van der Waals surface area (Å²) >= 11 is 0. The highest BCUT2D eigenvalue weighted by Crippen LogP contribution is 2.18. The Hall–Kier alpha value is -2.97. The number of rotatable bonds is 5. The minimum Gasteiger partial charge on any atom is -0.453 e. The van der Waals surface area contributed by atoms with E-state index in [4.69, 9.17) is 4.74 Å². The molecular formula is C17H22N6O3. The zero-order valence-corrected chi connectivity index (χ0v) is 14.6. The van der Waals surface area contributed by atoms with Gasteiger partial charge in [-0.3, -0.25) is 19.8 Å². The molecule has 1 saturated heterocycles. The molecule has 0 unspecified atom stereocenters. The van der Waals surface area contributed by atoms with E-state index in [0.717, 1.165) is 18.4 Å². The number of piperidine rings is 1. The summed E-state index contributed by atoms with van der Waals surface area (Å²) in [7, 11) is 1.33. The summed E-state index contributed by atoms with van der Waals surface area (Å²) in [4.78, 5) is 34.2. The Morgan fingerprint density at radius 1 is 1.42 bits per heavy atom. The van der Waals surface area contributed by atoms with Crippen LogP contribution in [0.15, 0.2) is 24.5 Å². The molecule has 2 aromatic heterocycles. The van der Waals surface area contributed by atoms with Crippen LogP contribution in [0.5, 0.6) is 0 Å². The summed E-state index contributed by atoms with van der Waals surface area (Å²) in [6.07, 6.45) is 5.89. The van der Waals surface area contributed by atoms with Gasteiger partial charge in [-0.1, -0.05) is 0 Å².